The Balaban J connectivity index is 1.98. The first-order valence-electron chi connectivity index (χ1n) is 6.11. The molecule has 1 N–H and O–H groups in total. The number of hydrogen-bond donors (Lipinski definition) is 1. The largest absolute Gasteiger partial charge is 0.326 e. The topological polar surface area (TPSA) is 46.9 Å². The van der Waals surface area contributed by atoms with Crippen molar-refractivity contribution in [1.82, 2.24) is 9.78 Å². The van der Waals surface area contributed by atoms with Crippen LogP contribution in [0.1, 0.15) is 24.9 Å². The quantitative estimate of drug-likeness (QED) is 0.931. The second-order valence-corrected chi connectivity index (χ2v) is 4.98. The molecule has 0 saturated heterocycles. The summed E-state index contributed by atoms with van der Waals surface area (Å²) < 4.78 is 1.77. The van der Waals surface area contributed by atoms with E-state index in [1.807, 2.05) is 38.2 Å². The van der Waals surface area contributed by atoms with E-state index in [-0.39, 0.29) is 11.9 Å². The van der Waals surface area contributed by atoms with Crippen molar-refractivity contribution in [1.29, 1.82) is 0 Å². The van der Waals surface area contributed by atoms with E-state index in [1.165, 1.54) is 0 Å². The highest BCUT2D eigenvalue weighted by Crippen LogP contribution is 2.20. The second-order valence-electron chi connectivity index (χ2n) is 4.55. The second kappa shape index (κ2) is 5.89. The summed E-state index contributed by atoms with van der Waals surface area (Å²) in [6.07, 6.45) is 3.94. The minimum Gasteiger partial charge on any atom is -0.326 e. The Morgan fingerprint density at radius 1 is 1.53 bits per heavy atom. The third-order valence-electron chi connectivity index (χ3n) is 2.92. The van der Waals surface area contributed by atoms with Crippen LogP contribution in [-0.4, -0.2) is 15.7 Å². The fourth-order valence-electron chi connectivity index (χ4n) is 1.87. The molecular weight excluding hydrogens is 262 g/mol. The molecule has 0 spiro atoms. The summed E-state index contributed by atoms with van der Waals surface area (Å²) in [5.74, 6) is -0.0339. The van der Waals surface area contributed by atoms with Crippen molar-refractivity contribution in [2.45, 2.75) is 26.3 Å². The molecule has 1 heterocycles. The number of anilines is 1. The number of hydrogen-bond acceptors (Lipinski definition) is 2. The van der Waals surface area contributed by atoms with Gasteiger partial charge in [0, 0.05) is 29.5 Å². The number of nitrogens with zero attached hydrogens (tertiary/aromatic N) is 2. The van der Waals surface area contributed by atoms with Gasteiger partial charge in [0.2, 0.25) is 5.91 Å². The lowest BCUT2D eigenvalue weighted by molar-refractivity contribution is -0.116. The average Bonchev–Trinajstić information content (AvgIpc) is 2.86. The van der Waals surface area contributed by atoms with Crippen LogP contribution in [0.15, 0.2) is 36.7 Å². The zero-order valence-electron chi connectivity index (χ0n) is 10.9. The van der Waals surface area contributed by atoms with Gasteiger partial charge in [0.1, 0.15) is 0 Å². The first kappa shape index (κ1) is 13.6. The van der Waals surface area contributed by atoms with Gasteiger partial charge in [0.25, 0.3) is 0 Å². The highest BCUT2D eigenvalue weighted by atomic mass is 35.5. The van der Waals surface area contributed by atoms with Gasteiger partial charge in [0.05, 0.1) is 6.04 Å². The fraction of sp³-hybridized carbons (Fsp3) is 0.286. The van der Waals surface area contributed by atoms with Crippen LogP contribution in [0.5, 0.6) is 0 Å². The number of rotatable bonds is 4. The van der Waals surface area contributed by atoms with E-state index in [9.17, 15) is 4.79 Å². The molecule has 2 aromatic rings. The summed E-state index contributed by atoms with van der Waals surface area (Å²) >= 11 is 5.88. The van der Waals surface area contributed by atoms with Crippen molar-refractivity contribution in [2.24, 2.45) is 0 Å². The lowest BCUT2D eigenvalue weighted by Crippen LogP contribution is -2.18. The molecule has 0 fully saturated rings. The minimum absolute atomic E-state index is 0.0302. The number of benzene rings is 1. The Morgan fingerprint density at radius 3 is 2.95 bits per heavy atom. The zero-order valence-corrected chi connectivity index (χ0v) is 11.7. The van der Waals surface area contributed by atoms with Crippen LogP contribution in [0.25, 0.3) is 0 Å². The number of aryl methyl sites for hydroxylation is 1. The highest BCUT2D eigenvalue weighted by Gasteiger charge is 2.12. The van der Waals surface area contributed by atoms with Gasteiger partial charge in [-0.25, -0.2) is 0 Å². The van der Waals surface area contributed by atoms with E-state index in [4.69, 9.17) is 11.6 Å². The summed E-state index contributed by atoms with van der Waals surface area (Å²) in [5.41, 5.74) is 1.75. The normalized spacial score (nSPS) is 12.2. The Bertz CT molecular complexity index is 566. The maximum absolute atomic E-state index is 12.0. The SMILES string of the molecule is Cc1cc(Cl)ccc1NC(=O)CC(C)n1cccn1. The Hall–Kier alpha value is -1.81. The number of amides is 1. The average molecular weight is 278 g/mol. The van der Waals surface area contributed by atoms with Crippen LogP contribution in [0, 0.1) is 6.92 Å². The number of carbonyl (C=O) groups excluding carboxylic acids is 1. The molecule has 0 aliphatic heterocycles. The molecule has 0 saturated carbocycles. The van der Waals surface area contributed by atoms with Crippen molar-refractivity contribution >= 4 is 23.2 Å². The zero-order chi connectivity index (χ0) is 13.8. The molecule has 0 aliphatic rings. The standard InChI is InChI=1S/C14H16ClN3O/c1-10-8-12(15)4-5-13(10)17-14(19)9-11(2)18-7-3-6-16-18/h3-8,11H,9H2,1-2H3,(H,17,19). The molecule has 1 aromatic heterocycles. The predicted molar refractivity (Wildman–Crippen MR) is 76.4 cm³/mol. The minimum atomic E-state index is -0.0339. The third kappa shape index (κ3) is 3.58. The molecule has 1 amide bonds. The van der Waals surface area contributed by atoms with Crippen molar-refractivity contribution in [3.8, 4) is 0 Å². The van der Waals surface area contributed by atoms with Gasteiger partial charge in [-0.15, -0.1) is 0 Å². The van der Waals surface area contributed by atoms with E-state index in [2.05, 4.69) is 10.4 Å². The number of carbonyl (C=O) groups is 1. The summed E-state index contributed by atoms with van der Waals surface area (Å²) in [6.45, 7) is 3.87. The van der Waals surface area contributed by atoms with Crippen LogP contribution < -0.4 is 5.32 Å². The van der Waals surface area contributed by atoms with Gasteiger partial charge in [-0.3, -0.25) is 9.48 Å². The van der Waals surface area contributed by atoms with Gasteiger partial charge in [-0.05, 0) is 43.7 Å². The summed E-state index contributed by atoms with van der Waals surface area (Å²) in [5, 5.41) is 7.68. The summed E-state index contributed by atoms with van der Waals surface area (Å²) in [4.78, 5) is 12.0. The monoisotopic (exact) mass is 277 g/mol. The summed E-state index contributed by atoms with van der Waals surface area (Å²) in [7, 11) is 0. The molecule has 0 radical (unpaired) electrons. The molecule has 0 aliphatic carbocycles. The van der Waals surface area contributed by atoms with E-state index < -0.39 is 0 Å². The van der Waals surface area contributed by atoms with E-state index >= 15 is 0 Å². The molecule has 4 nitrogen and oxygen atoms in total. The fourth-order valence-corrected chi connectivity index (χ4v) is 2.10. The van der Waals surface area contributed by atoms with Crippen LogP contribution in [0.4, 0.5) is 5.69 Å². The number of aromatic nitrogens is 2. The highest BCUT2D eigenvalue weighted by molar-refractivity contribution is 6.30. The third-order valence-corrected chi connectivity index (χ3v) is 3.15. The van der Waals surface area contributed by atoms with Crippen LogP contribution >= 0.6 is 11.6 Å². The summed E-state index contributed by atoms with van der Waals surface area (Å²) in [6, 6.07) is 7.28. The number of nitrogens with one attached hydrogen (secondary N) is 1. The van der Waals surface area contributed by atoms with Crippen LogP contribution in [-0.2, 0) is 4.79 Å². The molecule has 1 atom stereocenters. The van der Waals surface area contributed by atoms with E-state index in [0.29, 0.717) is 11.4 Å². The predicted octanol–water partition coefficient (Wildman–Crippen LogP) is 3.43. The van der Waals surface area contributed by atoms with Crippen molar-refractivity contribution in [3.05, 3.63) is 47.2 Å². The van der Waals surface area contributed by atoms with Gasteiger partial charge >= 0.3 is 0 Å². The van der Waals surface area contributed by atoms with E-state index in [1.54, 1.807) is 16.9 Å². The van der Waals surface area contributed by atoms with Gasteiger partial charge in [-0.1, -0.05) is 11.6 Å². The molecule has 1 aromatic carbocycles. The lowest BCUT2D eigenvalue weighted by atomic mass is 10.2. The van der Waals surface area contributed by atoms with Crippen LogP contribution in [0.2, 0.25) is 5.02 Å². The first-order valence-corrected chi connectivity index (χ1v) is 6.49. The van der Waals surface area contributed by atoms with Crippen molar-refractivity contribution in [3.63, 3.8) is 0 Å². The number of halogens is 1. The maximum atomic E-state index is 12.0. The molecule has 1 unspecified atom stereocenters. The van der Waals surface area contributed by atoms with E-state index in [0.717, 1.165) is 11.3 Å². The molecule has 0 bridgehead atoms. The molecule has 2 rings (SSSR count). The Morgan fingerprint density at radius 2 is 2.32 bits per heavy atom. The Labute approximate surface area is 117 Å². The molecular formula is C14H16ClN3O. The van der Waals surface area contributed by atoms with Gasteiger partial charge in [0.15, 0.2) is 0 Å². The lowest BCUT2D eigenvalue weighted by Gasteiger charge is -2.13. The Kier molecular flexibility index (Phi) is 4.22. The van der Waals surface area contributed by atoms with Crippen molar-refractivity contribution < 1.29 is 4.79 Å². The maximum Gasteiger partial charge on any atom is 0.226 e. The van der Waals surface area contributed by atoms with Crippen LogP contribution in [0.3, 0.4) is 0 Å². The smallest absolute Gasteiger partial charge is 0.226 e. The van der Waals surface area contributed by atoms with Gasteiger partial charge in [-0.2, -0.15) is 5.10 Å². The first-order chi connectivity index (χ1) is 9.06. The molecule has 19 heavy (non-hydrogen) atoms. The van der Waals surface area contributed by atoms with Crippen molar-refractivity contribution in [2.75, 3.05) is 5.32 Å². The molecule has 5 heteroatoms. The molecule has 100 valence electrons. The van der Waals surface area contributed by atoms with Gasteiger partial charge < -0.3 is 5.32 Å².